The molecule has 1 aliphatic rings. The maximum Gasteiger partial charge on any atom is 0.255 e. The van der Waals surface area contributed by atoms with Gasteiger partial charge in [0.25, 0.3) is 5.91 Å². The Bertz CT molecular complexity index is 436. The van der Waals surface area contributed by atoms with Crippen LogP contribution in [0.5, 0.6) is 0 Å². The van der Waals surface area contributed by atoms with Crippen molar-refractivity contribution in [2.45, 2.75) is 38.6 Å². The van der Waals surface area contributed by atoms with E-state index in [2.05, 4.69) is 12.2 Å². The molecule has 1 aliphatic carbocycles. The van der Waals surface area contributed by atoms with Gasteiger partial charge in [-0.3, -0.25) is 4.79 Å². The van der Waals surface area contributed by atoms with Crippen molar-refractivity contribution in [1.29, 1.82) is 0 Å². The average Bonchev–Trinajstić information content (AvgIpc) is 2.92. The van der Waals surface area contributed by atoms with Gasteiger partial charge in [-0.1, -0.05) is 25.0 Å². The first-order chi connectivity index (χ1) is 9.09. The van der Waals surface area contributed by atoms with Crippen molar-refractivity contribution in [2.75, 3.05) is 19.4 Å². The first kappa shape index (κ1) is 13.9. The van der Waals surface area contributed by atoms with Gasteiger partial charge in [0.2, 0.25) is 0 Å². The van der Waals surface area contributed by atoms with Crippen molar-refractivity contribution in [2.24, 2.45) is 5.92 Å². The van der Waals surface area contributed by atoms with E-state index in [0.29, 0.717) is 6.04 Å². The van der Waals surface area contributed by atoms with E-state index in [-0.39, 0.29) is 5.91 Å². The predicted octanol–water partition coefficient (Wildman–Crippen LogP) is 3.38. The van der Waals surface area contributed by atoms with Crippen LogP contribution in [0, 0.1) is 5.92 Å². The lowest BCUT2D eigenvalue weighted by Gasteiger charge is -2.23. The third-order valence-electron chi connectivity index (χ3n) is 4.05. The van der Waals surface area contributed by atoms with E-state index < -0.39 is 0 Å². The molecule has 1 atom stereocenters. The number of nitrogens with zero attached hydrogens (tertiary/aromatic N) is 1. The van der Waals surface area contributed by atoms with Gasteiger partial charge in [-0.05, 0) is 37.8 Å². The Morgan fingerprint density at radius 3 is 2.53 bits per heavy atom. The summed E-state index contributed by atoms with van der Waals surface area (Å²) in [6, 6.07) is 8.23. The van der Waals surface area contributed by atoms with Crippen molar-refractivity contribution < 1.29 is 4.79 Å². The molecule has 1 saturated carbocycles. The van der Waals surface area contributed by atoms with Crippen LogP contribution in [0.2, 0.25) is 0 Å². The van der Waals surface area contributed by atoms with E-state index in [1.165, 1.54) is 25.7 Å². The molecule has 0 heterocycles. The average molecular weight is 260 g/mol. The summed E-state index contributed by atoms with van der Waals surface area (Å²) in [7, 11) is 3.58. The van der Waals surface area contributed by atoms with Crippen LogP contribution in [0.4, 0.5) is 5.69 Å². The highest BCUT2D eigenvalue weighted by Gasteiger charge is 2.22. The van der Waals surface area contributed by atoms with Gasteiger partial charge in [0.1, 0.15) is 0 Å². The zero-order valence-corrected chi connectivity index (χ0v) is 12.1. The Hall–Kier alpha value is -1.51. The van der Waals surface area contributed by atoms with Crippen LogP contribution in [-0.4, -0.2) is 30.9 Å². The summed E-state index contributed by atoms with van der Waals surface area (Å²) in [6.45, 7) is 2.23. The lowest BCUT2D eigenvalue weighted by Crippen LogP contribution is -2.27. The predicted molar refractivity (Wildman–Crippen MR) is 79.5 cm³/mol. The fraction of sp³-hybridized carbons (Fsp3) is 0.562. The largest absolute Gasteiger partial charge is 0.382 e. The molecule has 1 fully saturated rings. The Labute approximate surface area is 116 Å². The smallest absolute Gasteiger partial charge is 0.255 e. The Morgan fingerprint density at radius 2 is 1.89 bits per heavy atom. The molecule has 0 aliphatic heterocycles. The highest BCUT2D eigenvalue weighted by molar-refractivity contribution is 5.99. The zero-order valence-electron chi connectivity index (χ0n) is 12.1. The van der Waals surface area contributed by atoms with Crippen LogP contribution in [0.15, 0.2) is 24.3 Å². The highest BCUT2D eigenvalue weighted by Crippen LogP contribution is 2.30. The number of benzene rings is 1. The standard InChI is InChI=1S/C16H24N2O/c1-12(13-8-4-5-9-13)17-15-11-7-6-10-14(15)16(19)18(2)3/h6-7,10-13,17H,4-5,8-9H2,1-3H3. The van der Waals surface area contributed by atoms with Crippen molar-refractivity contribution in [3.05, 3.63) is 29.8 Å². The number of amides is 1. The molecule has 19 heavy (non-hydrogen) atoms. The molecule has 0 bridgehead atoms. The van der Waals surface area contributed by atoms with Gasteiger partial charge in [-0.2, -0.15) is 0 Å². The lowest BCUT2D eigenvalue weighted by molar-refractivity contribution is 0.0828. The zero-order chi connectivity index (χ0) is 13.8. The molecule has 1 aromatic carbocycles. The molecule has 3 nitrogen and oxygen atoms in total. The number of para-hydroxylation sites is 1. The number of hydrogen-bond acceptors (Lipinski definition) is 2. The quantitative estimate of drug-likeness (QED) is 0.900. The van der Waals surface area contributed by atoms with Crippen LogP contribution >= 0.6 is 0 Å². The second-order valence-corrected chi connectivity index (χ2v) is 5.72. The molecular weight excluding hydrogens is 236 g/mol. The minimum atomic E-state index is 0.0571. The summed E-state index contributed by atoms with van der Waals surface area (Å²) in [6.07, 6.45) is 5.29. The number of hydrogen-bond donors (Lipinski definition) is 1. The topological polar surface area (TPSA) is 32.3 Å². The summed E-state index contributed by atoms with van der Waals surface area (Å²) in [5.41, 5.74) is 1.72. The minimum absolute atomic E-state index is 0.0571. The molecule has 0 spiro atoms. The SMILES string of the molecule is CC(Nc1ccccc1C(=O)N(C)C)C1CCCC1. The monoisotopic (exact) mass is 260 g/mol. The van der Waals surface area contributed by atoms with E-state index >= 15 is 0 Å². The molecular formula is C16H24N2O. The summed E-state index contributed by atoms with van der Waals surface area (Å²) in [4.78, 5) is 13.8. The Morgan fingerprint density at radius 1 is 1.26 bits per heavy atom. The van der Waals surface area contributed by atoms with Gasteiger partial charge in [0, 0.05) is 25.8 Å². The van der Waals surface area contributed by atoms with Crippen molar-refractivity contribution in [3.63, 3.8) is 0 Å². The number of nitrogens with one attached hydrogen (secondary N) is 1. The molecule has 0 radical (unpaired) electrons. The normalized spacial score (nSPS) is 17.2. The maximum absolute atomic E-state index is 12.2. The third kappa shape index (κ3) is 3.28. The molecule has 0 saturated heterocycles. The first-order valence-electron chi connectivity index (χ1n) is 7.17. The molecule has 0 aromatic heterocycles. The van der Waals surface area contributed by atoms with Crippen LogP contribution in [-0.2, 0) is 0 Å². The molecule has 1 unspecified atom stereocenters. The molecule has 2 rings (SSSR count). The summed E-state index contributed by atoms with van der Waals surface area (Å²) in [5.74, 6) is 0.796. The molecule has 1 amide bonds. The van der Waals surface area contributed by atoms with Crippen molar-refractivity contribution >= 4 is 11.6 Å². The van der Waals surface area contributed by atoms with Crippen LogP contribution in [0.25, 0.3) is 0 Å². The lowest BCUT2D eigenvalue weighted by atomic mass is 9.99. The van der Waals surface area contributed by atoms with Gasteiger partial charge in [0.05, 0.1) is 5.56 Å². The second-order valence-electron chi connectivity index (χ2n) is 5.72. The minimum Gasteiger partial charge on any atom is -0.382 e. The number of rotatable bonds is 4. The third-order valence-corrected chi connectivity index (χ3v) is 4.05. The maximum atomic E-state index is 12.2. The number of carbonyl (C=O) groups is 1. The Kier molecular flexibility index (Phi) is 4.46. The highest BCUT2D eigenvalue weighted by atomic mass is 16.2. The molecule has 3 heteroatoms. The number of carbonyl (C=O) groups excluding carboxylic acids is 1. The van der Waals surface area contributed by atoms with Crippen LogP contribution in [0.3, 0.4) is 0 Å². The second kappa shape index (κ2) is 6.09. The molecule has 104 valence electrons. The number of anilines is 1. The summed E-state index contributed by atoms with van der Waals surface area (Å²) >= 11 is 0. The van der Waals surface area contributed by atoms with Gasteiger partial charge >= 0.3 is 0 Å². The van der Waals surface area contributed by atoms with E-state index in [4.69, 9.17) is 0 Å². The first-order valence-corrected chi connectivity index (χ1v) is 7.17. The van der Waals surface area contributed by atoms with E-state index in [1.807, 2.05) is 24.3 Å². The van der Waals surface area contributed by atoms with Gasteiger partial charge in [-0.25, -0.2) is 0 Å². The molecule has 1 aromatic rings. The van der Waals surface area contributed by atoms with Crippen LogP contribution in [0.1, 0.15) is 43.0 Å². The van der Waals surface area contributed by atoms with Crippen molar-refractivity contribution in [3.8, 4) is 0 Å². The summed E-state index contributed by atoms with van der Waals surface area (Å²) in [5, 5.41) is 3.54. The van der Waals surface area contributed by atoms with E-state index in [1.54, 1.807) is 19.0 Å². The Balaban J connectivity index is 2.13. The van der Waals surface area contributed by atoms with Gasteiger partial charge in [-0.15, -0.1) is 0 Å². The fourth-order valence-electron chi connectivity index (χ4n) is 2.86. The van der Waals surface area contributed by atoms with Crippen molar-refractivity contribution in [1.82, 2.24) is 4.90 Å². The van der Waals surface area contributed by atoms with Gasteiger partial charge in [0.15, 0.2) is 0 Å². The fourth-order valence-corrected chi connectivity index (χ4v) is 2.86. The van der Waals surface area contributed by atoms with E-state index in [9.17, 15) is 4.79 Å². The molecule has 1 N–H and O–H groups in total. The van der Waals surface area contributed by atoms with Crippen LogP contribution < -0.4 is 5.32 Å². The summed E-state index contributed by atoms with van der Waals surface area (Å²) < 4.78 is 0. The van der Waals surface area contributed by atoms with E-state index in [0.717, 1.165) is 17.2 Å². The van der Waals surface area contributed by atoms with Gasteiger partial charge < -0.3 is 10.2 Å².